The summed E-state index contributed by atoms with van der Waals surface area (Å²) in [5.41, 5.74) is 0.00141. The summed E-state index contributed by atoms with van der Waals surface area (Å²) in [6, 6.07) is 1.24. The van der Waals surface area contributed by atoms with Crippen molar-refractivity contribution in [3.05, 3.63) is 18.3 Å². The van der Waals surface area contributed by atoms with Crippen molar-refractivity contribution in [1.29, 1.82) is 0 Å². The van der Waals surface area contributed by atoms with Gasteiger partial charge in [-0.1, -0.05) is 0 Å². The highest BCUT2D eigenvalue weighted by Crippen LogP contribution is 2.44. The molecule has 0 atom stereocenters. The fourth-order valence-electron chi connectivity index (χ4n) is 1.28. The maximum Gasteiger partial charge on any atom is 0.217 e. The highest BCUT2D eigenvalue weighted by molar-refractivity contribution is 5.33. The summed E-state index contributed by atoms with van der Waals surface area (Å²) in [5, 5.41) is 12.0. The van der Waals surface area contributed by atoms with Crippen LogP contribution in [0.2, 0.25) is 0 Å². The third-order valence-corrected chi connectivity index (χ3v) is 2.57. The predicted molar refractivity (Wildman–Crippen MR) is 49.2 cm³/mol. The Morgan fingerprint density at radius 1 is 1.50 bits per heavy atom. The molecule has 0 radical (unpaired) electrons. The average Bonchev–Trinajstić information content (AvgIpc) is 2.96. The normalized spacial score (nSPS) is 17.9. The fourth-order valence-corrected chi connectivity index (χ4v) is 1.28. The molecule has 76 valence electrons. The Kier molecular flexibility index (Phi) is 2.33. The van der Waals surface area contributed by atoms with Crippen LogP contribution in [0.3, 0.4) is 0 Å². The number of nitrogens with one attached hydrogen (secondary N) is 1. The minimum absolute atomic E-state index is 0.00141. The lowest BCUT2D eigenvalue weighted by molar-refractivity contribution is 0.219. The Morgan fingerprint density at radius 2 is 2.29 bits per heavy atom. The van der Waals surface area contributed by atoms with E-state index < -0.39 is 5.95 Å². The summed E-state index contributed by atoms with van der Waals surface area (Å²) < 4.78 is 12.6. The number of hydrogen-bond donors (Lipinski definition) is 2. The first-order chi connectivity index (χ1) is 6.74. The number of aliphatic hydroxyl groups is 1. The average molecular weight is 197 g/mol. The lowest BCUT2D eigenvalue weighted by Gasteiger charge is -2.12. The molecule has 1 aromatic heterocycles. The maximum atomic E-state index is 12.6. The predicted octanol–water partition coefficient (Wildman–Crippen LogP) is 0.800. The quantitative estimate of drug-likeness (QED) is 0.701. The van der Waals surface area contributed by atoms with E-state index in [2.05, 4.69) is 15.3 Å². The number of anilines is 1. The summed E-state index contributed by atoms with van der Waals surface area (Å²) in [6.07, 6.45) is 3.21. The van der Waals surface area contributed by atoms with Crippen LogP contribution in [0.25, 0.3) is 0 Å². The highest BCUT2D eigenvalue weighted by Gasteiger charge is 2.41. The van der Waals surface area contributed by atoms with Gasteiger partial charge in [0.25, 0.3) is 0 Å². The first kappa shape index (κ1) is 9.33. The van der Waals surface area contributed by atoms with Crippen LogP contribution in [0.15, 0.2) is 12.4 Å². The summed E-state index contributed by atoms with van der Waals surface area (Å²) in [4.78, 5) is 7.21. The molecule has 4 nitrogen and oxygen atoms in total. The van der Waals surface area contributed by atoms with Crippen LogP contribution in [0.1, 0.15) is 12.8 Å². The van der Waals surface area contributed by atoms with Gasteiger partial charge in [-0.25, -0.2) is 9.97 Å². The smallest absolute Gasteiger partial charge is 0.217 e. The minimum Gasteiger partial charge on any atom is -0.396 e. The second kappa shape index (κ2) is 3.49. The fraction of sp³-hybridized carbons (Fsp3) is 0.556. The lowest BCUT2D eigenvalue weighted by atomic mass is 10.1. The largest absolute Gasteiger partial charge is 0.396 e. The zero-order valence-corrected chi connectivity index (χ0v) is 7.70. The van der Waals surface area contributed by atoms with Crippen LogP contribution in [0, 0.1) is 11.4 Å². The van der Waals surface area contributed by atoms with Gasteiger partial charge in [-0.15, -0.1) is 0 Å². The van der Waals surface area contributed by atoms with E-state index in [0.29, 0.717) is 12.4 Å². The van der Waals surface area contributed by atoms with Crippen molar-refractivity contribution in [1.82, 2.24) is 9.97 Å². The van der Waals surface area contributed by atoms with Gasteiger partial charge < -0.3 is 10.4 Å². The molecule has 2 rings (SSSR count). The van der Waals surface area contributed by atoms with Crippen molar-refractivity contribution < 1.29 is 9.50 Å². The Bertz CT molecular complexity index is 328. The van der Waals surface area contributed by atoms with Crippen LogP contribution in [0.4, 0.5) is 10.2 Å². The molecule has 14 heavy (non-hydrogen) atoms. The Balaban J connectivity index is 1.92. The van der Waals surface area contributed by atoms with Gasteiger partial charge in [0, 0.05) is 18.0 Å². The van der Waals surface area contributed by atoms with E-state index >= 15 is 0 Å². The second-order valence-corrected chi connectivity index (χ2v) is 3.74. The van der Waals surface area contributed by atoms with E-state index in [-0.39, 0.29) is 12.0 Å². The number of halogens is 1. The van der Waals surface area contributed by atoms with E-state index in [1.807, 2.05) is 0 Å². The standard InChI is InChI=1S/C9H12FN3O/c10-7-3-8(13-6-12-7)11-4-9(5-14)1-2-9/h3,6,14H,1-2,4-5H2,(H,11,12,13). The van der Waals surface area contributed by atoms with E-state index in [1.165, 1.54) is 12.4 Å². The number of rotatable bonds is 4. The van der Waals surface area contributed by atoms with Gasteiger partial charge >= 0.3 is 0 Å². The third-order valence-electron chi connectivity index (χ3n) is 2.57. The van der Waals surface area contributed by atoms with Gasteiger partial charge in [0.05, 0.1) is 6.61 Å². The molecule has 1 aliphatic carbocycles. The molecule has 1 aliphatic rings. The first-order valence-electron chi connectivity index (χ1n) is 4.56. The molecule has 0 unspecified atom stereocenters. The van der Waals surface area contributed by atoms with E-state index in [9.17, 15) is 4.39 Å². The van der Waals surface area contributed by atoms with Crippen LogP contribution in [-0.4, -0.2) is 28.2 Å². The molecule has 0 aliphatic heterocycles. The SMILES string of the molecule is OCC1(CNc2cc(F)ncn2)CC1. The van der Waals surface area contributed by atoms with Gasteiger partial charge in [0.1, 0.15) is 12.1 Å². The molecule has 0 saturated heterocycles. The van der Waals surface area contributed by atoms with Crippen molar-refractivity contribution >= 4 is 5.82 Å². The second-order valence-electron chi connectivity index (χ2n) is 3.74. The van der Waals surface area contributed by atoms with Crippen molar-refractivity contribution in [3.63, 3.8) is 0 Å². The molecule has 1 saturated carbocycles. The molecule has 0 bridgehead atoms. The van der Waals surface area contributed by atoms with Gasteiger partial charge in [-0.3, -0.25) is 0 Å². The van der Waals surface area contributed by atoms with Gasteiger partial charge in [0.2, 0.25) is 5.95 Å². The molecule has 5 heteroatoms. The monoisotopic (exact) mass is 197 g/mol. The molecule has 2 N–H and O–H groups in total. The topological polar surface area (TPSA) is 58.0 Å². The summed E-state index contributed by atoms with van der Waals surface area (Å²) in [7, 11) is 0. The van der Waals surface area contributed by atoms with E-state index in [1.54, 1.807) is 0 Å². The van der Waals surface area contributed by atoms with Gasteiger partial charge in [-0.05, 0) is 12.8 Å². The lowest BCUT2D eigenvalue weighted by Crippen LogP contribution is -2.19. The molecular weight excluding hydrogens is 185 g/mol. The zero-order chi connectivity index (χ0) is 10.0. The highest BCUT2D eigenvalue weighted by atomic mass is 19.1. The van der Waals surface area contributed by atoms with Crippen LogP contribution >= 0.6 is 0 Å². The number of aromatic nitrogens is 2. The minimum atomic E-state index is -0.545. The third kappa shape index (κ3) is 1.98. The molecule has 1 fully saturated rings. The summed E-state index contributed by atoms with van der Waals surface area (Å²) in [6.45, 7) is 0.813. The summed E-state index contributed by atoms with van der Waals surface area (Å²) in [5.74, 6) is -0.0754. The summed E-state index contributed by atoms with van der Waals surface area (Å²) >= 11 is 0. The number of nitrogens with zero attached hydrogens (tertiary/aromatic N) is 2. The van der Waals surface area contributed by atoms with E-state index in [4.69, 9.17) is 5.11 Å². The van der Waals surface area contributed by atoms with E-state index in [0.717, 1.165) is 12.8 Å². The first-order valence-corrected chi connectivity index (χ1v) is 4.56. The van der Waals surface area contributed by atoms with Crippen molar-refractivity contribution in [2.24, 2.45) is 5.41 Å². The molecule has 1 aromatic rings. The molecule has 0 spiro atoms. The molecular formula is C9H12FN3O. The van der Waals surface area contributed by atoms with Crippen molar-refractivity contribution in [3.8, 4) is 0 Å². The Morgan fingerprint density at radius 3 is 2.86 bits per heavy atom. The molecule has 1 heterocycles. The van der Waals surface area contributed by atoms with Crippen LogP contribution < -0.4 is 5.32 Å². The zero-order valence-electron chi connectivity index (χ0n) is 7.70. The van der Waals surface area contributed by atoms with Gasteiger partial charge in [-0.2, -0.15) is 4.39 Å². The van der Waals surface area contributed by atoms with Gasteiger partial charge in [0.15, 0.2) is 0 Å². The Labute approximate surface area is 81.2 Å². The van der Waals surface area contributed by atoms with Crippen LogP contribution in [0.5, 0.6) is 0 Å². The van der Waals surface area contributed by atoms with Crippen molar-refractivity contribution in [2.45, 2.75) is 12.8 Å². The molecule has 0 aromatic carbocycles. The molecule has 0 amide bonds. The maximum absolute atomic E-state index is 12.6. The number of aliphatic hydroxyl groups excluding tert-OH is 1. The Hall–Kier alpha value is -1.23. The number of hydrogen-bond acceptors (Lipinski definition) is 4. The van der Waals surface area contributed by atoms with Crippen LogP contribution in [-0.2, 0) is 0 Å². The van der Waals surface area contributed by atoms with Crippen molar-refractivity contribution in [2.75, 3.05) is 18.5 Å².